The zero-order valence-electron chi connectivity index (χ0n) is 13.5. The monoisotopic (exact) mass is 395 g/mol. The first-order chi connectivity index (χ1) is 12.4. The third-order valence-electron chi connectivity index (χ3n) is 3.72. The Morgan fingerprint density at radius 3 is 2.58 bits per heavy atom. The molecular formula is C18H16ClF2N3OS. The second-order valence-corrected chi connectivity index (χ2v) is 7.21. The van der Waals surface area contributed by atoms with Crippen LogP contribution in [0.5, 0.6) is 5.88 Å². The largest absolute Gasteiger partial charge is 0.492 e. The van der Waals surface area contributed by atoms with Crippen molar-refractivity contribution in [3.63, 3.8) is 0 Å². The summed E-state index contributed by atoms with van der Waals surface area (Å²) in [4.78, 5) is 4.36. The zero-order valence-corrected chi connectivity index (χ0v) is 15.1. The lowest BCUT2D eigenvalue weighted by molar-refractivity contribution is 0.459. The first-order valence-electron chi connectivity index (χ1n) is 7.81. The summed E-state index contributed by atoms with van der Waals surface area (Å²) in [5.41, 5.74) is 7.53. The van der Waals surface area contributed by atoms with Crippen LogP contribution in [0.15, 0.2) is 42.5 Å². The van der Waals surface area contributed by atoms with Gasteiger partial charge in [-0.05, 0) is 36.2 Å². The number of aromatic nitrogens is 1. The number of nitrogens with zero attached hydrogens (tertiary/aromatic N) is 1. The number of nitrogens with one attached hydrogen (secondary N) is 1. The first-order valence-corrected chi connectivity index (χ1v) is 9.01. The molecular weight excluding hydrogens is 380 g/mol. The average molecular weight is 396 g/mol. The molecule has 1 atom stereocenters. The van der Waals surface area contributed by atoms with Crippen LogP contribution >= 0.6 is 22.9 Å². The molecule has 8 heteroatoms. The van der Waals surface area contributed by atoms with E-state index in [1.54, 1.807) is 0 Å². The van der Waals surface area contributed by atoms with Gasteiger partial charge in [0, 0.05) is 23.2 Å². The number of hydrogen-bond acceptors (Lipinski definition) is 5. The minimum Gasteiger partial charge on any atom is -0.492 e. The highest BCUT2D eigenvalue weighted by Crippen LogP contribution is 2.37. The number of rotatable bonds is 6. The van der Waals surface area contributed by atoms with Crippen LogP contribution in [0.25, 0.3) is 10.4 Å². The second kappa shape index (κ2) is 7.99. The van der Waals surface area contributed by atoms with Crippen molar-refractivity contribution >= 4 is 28.1 Å². The predicted molar refractivity (Wildman–Crippen MR) is 101 cm³/mol. The Labute approximate surface area is 158 Å². The lowest BCUT2D eigenvalue weighted by Crippen LogP contribution is -2.31. The Morgan fingerprint density at radius 2 is 1.88 bits per heavy atom. The second-order valence-electron chi connectivity index (χ2n) is 5.77. The van der Waals surface area contributed by atoms with Crippen LogP contribution in [-0.4, -0.2) is 22.7 Å². The van der Waals surface area contributed by atoms with Crippen LogP contribution in [0, 0.1) is 11.6 Å². The molecule has 0 radical (unpaired) electrons. The molecule has 4 N–H and O–H groups in total. The van der Waals surface area contributed by atoms with E-state index in [4.69, 9.17) is 17.3 Å². The maximum atomic E-state index is 13.4. The van der Waals surface area contributed by atoms with Crippen molar-refractivity contribution in [2.45, 2.75) is 12.5 Å². The number of aromatic hydroxyl groups is 1. The van der Waals surface area contributed by atoms with Gasteiger partial charge in [-0.15, -0.1) is 0 Å². The van der Waals surface area contributed by atoms with E-state index in [0.29, 0.717) is 33.6 Å². The molecule has 136 valence electrons. The molecule has 0 saturated heterocycles. The Bertz CT molecular complexity index is 902. The topological polar surface area (TPSA) is 71.2 Å². The van der Waals surface area contributed by atoms with Gasteiger partial charge in [0.05, 0.1) is 4.88 Å². The molecule has 3 aromatic rings. The van der Waals surface area contributed by atoms with Gasteiger partial charge in [0.15, 0.2) is 16.8 Å². The maximum absolute atomic E-state index is 13.4. The van der Waals surface area contributed by atoms with E-state index >= 15 is 0 Å². The fourth-order valence-electron chi connectivity index (χ4n) is 2.43. The Hall–Kier alpha value is -2.22. The van der Waals surface area contributed by atoms with Crippen LogP contribution in [0.4, 0.5) is 13.9 Å². The van der Waals surface area contributed by atoms with Gasteiger partial charge in [0.1, 0.15) is 0 Å². The minimum atomic E-state index is -0.977. The molecule has 26 heavy (non-hydrogen) atoms. The summed E-state index contributed by atoms with van der Waals surface area (Å²) in [6, 6.07) is 10.7. The fourth-order valence-corrected chi connectivity index (χ4v) is 3.42. The molecule has 0 unspecified atom stereocenters. The number of benzene rings is 2. The third-order valence-corrected chi connectivity index (χ3v) is 5.02. The standard InChI is InChI=1S/C18H16ClF2N3OS/c19-12-4-1-10(2-5-12)7-13(22)9-23-18-24-17(25)16(26-18)11-3-6-14(20)15(21)8-11/h1-6,8,13,25H,7,9,22H2,(H,23,24)/t13-/m0/s1. The van der Waals surface area contributed by atoms with Gasteiger partial charge in [-0.25, -0.2) is 8.78 Å². The summed E-state index contributed by atoms with van der Waals surface area (Å²) < 4.78 is 26.4. The third kappa shape index (κ3) is 4.49. The van der Waals surface area contributed by atoms with E-state index in [2.05, 4.69) is 10.3 Å². The van der Waals surface area contributed by atoms with Gasteiger partial charge in [0.25, 0.3) is 0 Å². The van der Waals surface area contributed by atoms with Gasteiger partial charge in [-0.1, -0.05) is 41.1 Å². The number of hydrogen-bond donors (Lipinski definition) is 3. The molecule has 0 amide bonds. The molecule has 0 fully saturated rings. The molecule has 0 aliphatic carbocycles. The Balaban J connectivity index is 1.63. The predicted octanol–water partition coefficient (Wildman–Crippen LogP) is 4.43. The highest BCUT2D eigenvalue weighted by Gasteiger charge is 2.15. The fraction of sp³-hybridized carbons (Fsp3) is 0.167. The number of halogens is 3. The smallest absolute Gasteiger partial charge is 0.232 e. The summed E-state index contributed by atoms with van der Waals surface area (Å²) in [5, 5.41) is 14.2. The molecule has 3 rings (SSSR count). The number of anilines is 1. The molecule has 0 bridgehead atoms. The molecule has 0 spiro atoms. The van der Waals surface area contributed by atoms with Crippen molar-refractivity contribution in [2.24, 2.45) is 5.73 Å². The van der Waals surface area contributed by atoms with E-state index < -0.39 is 11.6 Å². The molecule has 0 saturated carbocycles. The zero-order chi connectivity index (χ0) is 18.7. The van der Waals surface area contributed by atoms with E-state index in [-0.39, 0.29) is 11.9 Å². The van der Waals surface area contributed by atoms with Gasteiger partial charge in [0.2, 0.25) is 5.88 Å². The molecule has 0 aliphatic rings. The van der Waals surface area contributed by atoms with Crippen molar-refractivity contribution in [3.8, 4) is 16.3 Å². The van der Waals surface area contributed by atoms with Gasteiger partial charge in [-0.3, -0.25) is 0 Å². The molecule has 1 heterocycles. The molecule has 4 nitrogen and oxygen atoms in total. The molecule has 1 aromatic heterocycles. The molecule has 2 aromatic carbocycles. The Kier molecular flexibility index (Phi) is 5.70. The van der Waals surface area contributed by atoms with Gasteiger partial charge < -0.3 is 16.2 Å². The minimum absolute atomic E-state index is 0.172. The van der Waals surface area contributed by atoms with E-state index in [1.165, 1.54) is 6.07 Å². The van der Waals surface area contributed by atoms with Crippen LogP contribution in [-0.2, 0) is 6.42 Å². The van der Waals surface area contributed by atoms with Crippen LogP contribution in [0.3, 0.4) is 0 Å². The lowest BCUT2D eigenvalue weighted by atomic mass is 10.1. The number of nitrogens with two attached hydrogens (primary N) is 1. The van der Waals surface area contributed by atoms with E-state index in [1.807, 2.05) is 24.3 Å². The lowest BCUT2D eigenvalue weighted by Gasteiger charge is -2.12. The van der Waals surface area contributed by atoms with Crippen molar-refractivity contribution in [2.75, 3.05) is 11.9 Å². The summed E-state index contributed by atoms with van der Waals surface area (Å²) in [7, 11) is 0. The van der Waals surface area contributed by atoms with Crippen molar-refractivity contribution < 1.29 is 13.9 Å². The number of thiazole rings is 1. The summed E-state index contributed by atoms with van der Waals surface area (Å²) in [6.07, 6.45) is 0.650. The molecule has 0 aliphatic heterocycles. The van der Waals surface area contributed by atoms with Crippen molar-refractivity contribution in [1.82, 2.24) is 4.98 Å². The van der Waals surface area contributed by atoms with Gasteiger partial charge in [-0.2, -0.15) is 4.98 Å². The van der Waals surface area contributed by atoms with E-state index in [0.717, 1.165) is 29.0 Å². The van der Waals surface area contributed by atoms with Crippen molar-refractivity contribution in [3.05, 3.63) is 64.7 Å². The summed E-state index contributed by atoms with van der Waals surface area (Å²) in [6.45, 7) is 0.437. The quantitative estimate of drug-likeness (QED) is 0.577. The highest BCUT2D eigenvalue weighted by molar-refractivity contribution is 7.19. The van der Waals surface area contributed by atoms with Crippen LogP contribution < -0.4 is 11.1 Å². The first kappa shape index (κ1) is 18.6. The normalized spacial score (nSPS) is 12.2. The van der Waals surface area contributed by atoms with Crippen molar-refractivity contribution in [1.29, 1.82) is 0 Å². The van der Waals surface area contributed by atoms with Crippen LogP contribution in [0.2, 0.25) is 5.02 Å². The summed E-state index contributed by atoms with van der Waals surface area (Å²) >= 11 is 7.00. The average Bonchev–Trinajstić information content (AvgIpc) is 2.98. The van der Waals surface area contributed by atoms with E-state index in [9.17, 15) is 13.9 Å². The Morgan fingerprint density at radius 1 is 1.15 bits per heavy atom. The maximum Gasteiger partial charge on any atom is 0.232 e. The van der Waals surface area contributed by atoms with Gasteiger partial charge >= 0.3 is 0 Å². The van der Waals surface area contributed by atoms with Crippen LogP contribution in [0.1, 0.15) is 5.56 Å². The summed E-state index contributed by atoms with van der Waals surface area (Å²) in [5.74, 6) is -2.16. The highest BCUT2D eigenvalue weighted by atomic mass is 35.5. The SMILES string of the molecule is N[C@H](CNc1nc(O)c(-c2ccc(F)c(F)c2)s1)Cc1ccc(Cl)cc1.